The van der Waals surface area contributed by atoms with Gasteiger partial charge in [-0.05, 0) is 31.1 Å². The summed E-state index contributed by atoms with van der Waals surface area (Å²) in [5.41, 5.74) is 5.29. The molecule has 1 atom stereocenters. The molecule has 17 heavy (non-hydrogen) atoms. The lowest BCUT2D eigenvalue weighted by atomic mass is 10.0. The maximum absolute atomic E-state index is 11.8. The van der Waals surface area contributed by atoms with Crippen molar-refractivity contribution < 1.29 is 9.59 Å². The van der Waals surface area contributed by atoms with E-state index in [2.05, 4.69) is 5.32 Å². The van der Waals surface area contributed by atoms with Crippen molar-refractivity contribution in [3.05, 3.63) is 0 Å². The summed E-state index contributed by atoms with van der Waals surface area (Å²) >= 11 is 0. The van der Waals surface area contributed by atoms with Crippen molar-refractivity contribution in [3.8, 4) is 0 Å². The maximum atomic E-state index is 11.8. The average molecular weight is 240 g/mol. The third-order valence-electron chi connectivity index (χ3n) is 3.33. The molecule has 0 aromatic heterocycles. The molecule has 1 fully saturated rings. The van der Waals surface area contributed by atoms with Crippen LogP contribution in [0, 0.1) is 11.8 Å². The monoisotopic (exact) mass is 240 g/mol. The summed E-state index contributed by atoms with van der Waals surface area (Å²) in [7, 11) is 0. The Morgan fingerprint density at radius 1 is 1.29 bits per heavy atom. The van der Waals surface area contributed by atoms with Crippen LogP contribution in [0.4, 0.5) is 0 Å². The van der Waals surface area contributed by atoms with Gasteiger partial charge in [-0.2, -0.15) is 0 Å². The van der Waals surface area contributed by atoms with Crippen molar-refractivity contribution in [3.63, 3.8) is 0 Å². The summed E-state index contributed by atoms with van der Waals surface area (Å²) < 4.78 is 0. The van der Waals surface area contributed by atoms with Gasteiger partial charge in [-0.15, -0.1) is 0 Å². The number of carbonyl (C=O) groups is 2. The highest BCUT2D eigenvalue weighted by molar-refractivity contribution is 5.86. The van der Waals surface area contributed by atoms with Gasteiger partial charge in [0.25, 0.3) is 0 Å². The van der Waals surface area contributed by atoms with Crippen LogP contribution < -0.4 is 11.1 Å². The van der Waals surface area contributed by atoms with Gasteiger partial charge in [0.1, 0.15) is 6.04 Å². The molecule has 0 aromatic rings. The second-order valence-electron chi connectivity index (χ2n) is 5.51. The number of hydrogen-bond acceptors (Lipinski definition) is 2. The Morgan fingerprint density at radius 3 is 2.35 bits per heavy atom. The van der Waals surface area contributed by atoms with Gasteiger partial charge in [0.05, 0.1) is 0 Å². The molecular formula is C13H24N2O2. The third-order valence-corrected chi connectivity index (χ3v) is 3.33. The van der Waals surface area contributed by atoms with Crippen molar-refractivity contribution in [2.75, 3.05) is 0 Å². The Balaban J connectivity index is 2.37. The van der Waals surface area contributed by atoms with Crippen LogP contribution in [0.3, 0.4) is 0 Å². The minimum atomic E-state index is -0.510. The predicted molar refractivity (Wildman–Crippen MR) is 67.2 cm³/mol. The van der Waals surface area contributed by atoms with Crippen LogP contribution in [0.1, 0.15) is 52.4 Å². The first-order chi connectivity index (χ1) is 7.99. The maximum Gasteiger partial charge on any atom is 0.240 e. The fourth-order valence-corrected chi connectivity index (χ4v) is 2.45. The van der Waals surface area contributed by atoms with Crippen LogP contribution in [0.5, 0.6) is 0 Å². The molecule has 0 radical (unpaired) electrons. The van der Waals surface area contributed by atoms with E-state index in [0.717, 1.165) is 12.8 Å². The van der Waals surface area contributed by atoms with Gasteiger partial charge in [-0.1, -0.05) is 26.7 Å². The van der Waals surface area contributed by atoms with E-state index in [9.17, 15) is 9.59 Å². The Labute approximate surface area is 103 Å². The number of rotatable bonds is 6. The zero-order valence-electron chi connectivity index (χ0n) is 10.9. The minimum Gasteiger partial charge on any atom is -0.368 e. The van der Waals surface area contributed by atoms with E-state index in [1.807, 2.05) is 13.8 Å². The molecule has 2 amide bonds. The second kappa shape index (κ2) is 6.62. The van der Waals surface area contributed by atoms with Gasteiger partial charge in [0, 0.05) is 6.42 Å². The lowest BCUT2D eigenvalue weighted by Crippen LogP contribution is -2.45. The SMILES string of the molecule is CC(C)C[C@@H](NC(=O)CC1CCCC1)C(N)=O. The van der Waals surface area contributed by atoms with Gasteiger partial charge in [-0.3, -0.25) is 9.59 Å². The largest absolute Gasteiger partial charge is 0.368 e. The van der Waals surface area contributed by atoms with Gasteiger partial charge < -0.3 is 11.1 Å². The highest BCUT2D eigenvalue weighted by Gasteiger charge is 2.22. The Morgan fingerprint density at radius 2 is 1.88 bits per heavy atom. The number of carbonyl (C=O) groups excluding carboxylic acids is 2. The van der Waals surface area contributed by atoms with E-state index in [-0.39, 0.29) is 5.91 Å². The normalized spacial score (nSPS) is 18.3. The van der Waals surface area contributed by atoms with Crippen molar-refractivity contribution in [2.45, 2.75) is 58.4 Å². The van der Waals surface area contributed by atoms with Crippen molar-refractivity contribution >= 4 is 11.8 Å². The molecule has 98 valence electrons. The van der Waals surface area contributed by atoms with Crippen molar-refractivity contribution in [1.82, 2.24) is 5.32 Å². The molecule has 1 rings (SSSR count). The number of primary amides is 1. The molecule has 0 saturated heterocycles. The van der Waals surface area contributed by atoms with Gasteiger partial charge in [0.2, 0.25) is 11.8 Å². The molecule has 0 heterocycles. The average Bonchev–Trinajstić information content (AvgIpc) is 2.68. The first-order valence-corrected chi connectivity index (χ1v) is 6.57. The van der Waals surface area contributed by atoms with Gasteiger partial charge in [-0.25, -0.2) is 0 Å². The van der Waals surface area contributed by atoms with Gasteiger partial charge >= 0.3 is 0 Å². The molecule has 0 aromatic carbocycles. The third kappa shape index (κ3) is 5.20. The van der Waals surface area contributed by atoms with Crippen LogP contribution in [-0.4, -0.2) is 17.9 Å². The molecule has 0 aliphatic heterocycles. The van der Waals surface area contributed by atoms with Crippen LogP contribution in [0.25, 0.3) is 0 Å². The summed E-state index contributed by atoms with van der Waals surface area (Å²) in [6.45, 7) is 4.03. The van der Waals surface area contributed by atoms with Crippen molar-refractivity contribution in [2.24, 2.45) is 17.6 Å². The van der Waals surface area contributed by atoms with E-state index < -0.39 is 11.9 Å². The molecule has 4 heteroatoms. The van der Waals surface area contributed by atoms with Crippen LogP contribution in [0.2, 0.25) is 0 Å². The standard InChI is InChI=1S/C13H24N2O2/c1-9(2)7-11(13(14)17)15-12(16)8-10-5-3-4-6-10/h9-11H,3-8H2,1-2H3,(H2,14,17)(H,15,16)/t11-/m1/s1. The zero-order valence-corrected chi connectivity index (χ0v) is 10.9. The number of hydrogen-bond donors (Lipinski definition) is 2. The fourth-order valence-electron chi connectivity index (χ4n) is 2.45. The van der Waals surface area contributed by atoms with Gasteiger partial charge in [0.15, 0.2) is 0 Å². The predicted octanol–water partition coefficient (Wildman–Crippen LogP) is 1.58. The molecule has 0 unspecified atom stereocenters. The molecule has 3 N–H and O–H groups in total. The molecule has 0 bridgehead atoms. The highest BCUT2D eigenvalue weighted by atomic mass is 16.2. The molecule has 1 saturated carbocycles. The number of amides is 2. The first-order valence-electron chi connectivity index (χ1n) is 6.57. The van der Waals surface area contributed by atoms with E-state index in [1.54, 1.807) is 0 Å². The van der Waals surface area contributed by atoms with E-state index in [0.29, 0.717) is 24.7 Å². The summed E-state index contributed by atoms with van der Waals surface area (Å²) in [5.74, 6) is 0.390. The summed E-state index contributed by atoms with van der Waals surface area (Å²) in [4.78, 5) is 23.0. The molecule has 0 spiro atoms. The molecule has 4 nitrogen and oxygen atoms in total. The van der Waals surface area contributed by atoms with E-state index >= 15 is 0 Å². The van der Waals surface area contributed by atoms with Crippen LogP contribution in [0.15, 0.2) is 0 Å². The van der Waals surface area contributed by atoms with Crippen molar-refractivity contribution in [1.29, 1.82) is 0 Å². The van der Waals surface area contributed by atoms with Crippen LogP contribution >= 0.6 is 0 Å². The smallest absolute Gasteiger partial charge is 0.240 e. The number of nitrogens with two attached hydrogens (primary N) is 1. The quantitative estimate of drug-likeness (QED) is 0.740. The molecular weight excluding hydrogens is 216 g/mol. The Hall–Kier alpha value is -1.06. The molecule has 1 aliphatic carbocycles. The molecule has 1 aliphatic rings. The zero-order chi connectivity index (χ0) is 12.8. The topological polar surface area (TPSA) is 72.2 Å². The van der Waals surface area contributed by atoms with Crippen LogP contribution in [-0.2, 0) is 9.59 Å². The summed E-state index contributed by atoms with van der Waals surface area (Å²) in [6, 6.07) is -0.510. The lowest BCUT2D eigenvalue weighted by Gasteiger charge is -2.18. The second-order valence-corrected chi connectivity index (χ2v) is 5.51. The summed E-state index contributed by atoms with van der Waals surface area (Å²) in [5, 5.41) is 2.76. The fraction of sp³-hybridized carbons (Fsp3) is 0.846. The number of nitrogens with one attached hydrogen (secondary N) is 1. The summed E-state index contributed by atoms with van der Waals surface area (Å²) in [6.07, 6.45) is 5.89. The Bertz CT molecular complexity index is 271. The Kier molecular flexibility index (Phi) is 5.45. The van der Waals surface area contributed by atoms with E-state index in [1.165, 1.54) is 12.8 Å². The lowest BCUT2D eigenvalue weighted by molar-refractivity contribution is -0.128. The minimum absolute atomic E-state index is 0.0265. The van der Waals surface area contributed by atoms with E-state index in [4.69, 9.17) is 5.73 Å². The first kappa shape index (κ1) is 14.0. The highest BCUT2D eigenvalue weighted by Crippen LogP contribution is 2.27.